The first-order valence-corrected chi connectivity index (χ1v) is 12.2. The summed E-state index contributed by atoms with van der Waals surface area (Å²) in [6.45, 7) is 16.3. The summed E-state index contributed by atoms with van der Waals surface area (Å²) in [5.41, 5.74) is 1.18. The minimum absolute atomic E-state index is 0. The summed E-state index contributed by atoms with van der Waals surface area (Å²) in [7, 11) is 1.43. The van der Waals surface area contributed by atoms with Crippen LogP contribution < -0.4 is 0 Å². The van der Waals surface area contributed by atoms with E-state index in [0.717, 1.165) is 11.1 Å². The van der Waals surface area contributed by atoms with Crippen LogP contribution in [0.4, 0.5) is 0 Å². The molecule has 2 aromatic carbocycles. The van der Waals surface area contributed by atoms with E-state index in [-0.39, 0.29) is 36.5 Å². The van der Waals surface area contributed by atoms with E-state index >= 15 is 0 Å². The molecule has 193 valence electrons. The van der Waals surface area contributed by atoms with Crippen molar-refractivity contribution in [2.24, 2.45) is 16.7 Å². The predicted molar refractivity (Wildman–Crippen MR) is 141 cm³/mol. The van der Waals surface area contributed by atoms with E-state index in [1.165, 1.54) is 7.11 Å². The number of terminal acetylenes is 1. The average Bonchev–Trinajstić information content (AvgIpc) is 2.88. The topological polar surface area (TPSA) is 44.8 Å². The molecule has 0 bridgehead atoms. The first-order valence-electron chi connectivity index (χ1n) is 12.2. The molecule has 4 nitrogen and oxygen atoms in total. The van der Waals surface area contributed by atoms with Gasteiger partial charge in [-0.1, -0.05) is 122 Å². The first-order chi connectivity index (χ1) is 16.2. The number of carbonyl (C=O) groups excluding carboxylic acids is 1. The molecule has 2 unspecified atom stereocenters. The Morgan fingerprint density at radius 2 is 1.26 bits per heavy atom. The van der Waals surface area contributed by atoms with Crippen LogP contribution in [0.25, 0.3) is 0 Å². The van der Waals surface area contributed by atoms with Crippen molar-refractivity contribution in [2.75, 3.05) is 7.11 Å². The van der Waals surface area contributed by atoms with Crippen molar-refractivity contribution in [2.45, 2.75) is 74.3 Å². The van der Waals surface area contributed by atoms with Gasteiger partial charge in [-0.15, -0.1) is 0 Å². The molecular weight excluding hydrogens is 475 g/mol. The maximum absolute atomic E-state index is 12.9. The molecule has 2 aromatic rings. The van der Waals surface area contributed by atoms with E-state index in [4.69, 9.17) is 20.9 Å². The molecule has 1 radical (unpaired) electrons. The van der Waals surface area contributed by atoms with E-state index < -0.39 is 10.8 Å². The number of ether oxygens (including phenoxy) is 1. The predicted octanol–water partition coefficient (Wildman–Crippen LogP) is 7.27. The fourth-order valence-corrected chi connectivity index (χ4v) is 3.81. The second-order valence-corrected chi connectivity index (χ2v) is 8.68. The van der Waals surface area contributed by atoms with E-state index in [1.807, 2.05) is 88.4 Å². The molecule has 2 atom stereocenters. The van der Waals surface area contributed by atoms with Crippen LogP contribution in [0.1, 0.15) is 66.5 Å². The number of carbonyl (C=O) groups is 1. The third-order valence-corrected chi connectivity index (χ3v) is 6.58. The Kier molecular flexibility index (Phi) is 18.1. The van der Waals surface area contributed by atoms with Crippen LogP contribution >= 0.6 is 0 Å². The van der Waals surface area contributed by atoms with Gasteiger partial charge in [0, 0.05) is 30.4 Å². The molecule has 0 saturated carbocycles. The first kappa shape index (κ1) is 35.0. The fourth-order valence-electron chi connectivity index (χ4n) is 3.81. The van der Waals surface area contributed by atoms with Crippen LogP contribution in [-0.2, 0) is 50.7 Å². The SMILES string of the molecule is C#COOC(Cc1ccccc1)C(C)(C)C(C)(C)C(Cc1ccccc1)C(=O)OC.CC.CC.[V]. The zero-order valence-corrected chi connectivity index (χ0v) is 24.4. The molecule has 35 heavy (non-hydrogen) atoms. The Morgan fingerprint density at radius 1 is 0.829 bits per heavy atom. The minimum Gasteiger partial charge on any atom is -0.469 e. The number of hydrogen-bond acceptors (Lipinski definition) is 4. The number of methoxy groups -OCH3 is 1. The second-order valence-electron chi connectivity index (χ2n) is 8.68. The van der Waals surface area contributed by atoms with Crippen molar-refractivity contribution in [3.63, 3.8) is 0 Å². The van der Waals surface area contributed by atoms with Gasteiger partial charge in [-0.2, -0.15) is 4.89 Å². The molecule has 0 aliphatic carbocycles. The second kappa shape index (κ2) is 18.1. The Labute approximate surface area is 226 Å². The van der Waals surface area contributed by atoms with E-state index in [1.54, 1.807) is 0 Å². The third-order valence-electron chi connectivity index (χ3n) is 6.58. The molecule has 0 spiro atoms. The van der Waals surface area contributed by atoms with E-state index in [0.29, 0.717) is 12.8 Å². The number of hydrogen-bond donors (Lipinski definition) is 0. The van der Waals surface area contributed by atoms with E-state index in [9.17, 15) is 4.79 Å². The largest absolute Gasteiger partial charge is 0.469 e. The van der Waals surface area contributed by atoms with Crippen molar-refractivity contribution in [3.05, 3.63) is 71.8 Å². The molecule has 0 N–H and O–H groups in total. The van der Waals surface area contributed by atoms with Crippen LogP contribution in [0.3, 0.4) is 0 Å². The summed E-state index contributed by atoms with van der Waals surface area (Å²) in [6, 6.07) is 20.0. The van der Waals surface area contributed by atoms with Gasteiger partial charge in [-0.3, -0.25) is 9.68 Å². The number of rotatable bonds is 10. The maximum Gasteiger partial charge on any atom is 0.309 e. The van der Waals surface area contributed by atoms with Gasteiger partial charge in [0.2, 0.25) is 0 Å². The quantitative estimate of drug-likeness (QED) is 0.143. The van der Waals surface area contributed by atoms with Crippen molar-refractivity contribution < 1.29 is 37.9 Å². The Balaban J connectivity index is 0. The monoisotopic (exact) mass is 519 g/mol. The van der Waals surface area contributed by atoms with Gasteiger partial charge in [0.15, 0.2) is 6.11 Å². The smallest absolute Gasteiger partial charge is 0.309 e. The summed E-state index contributed by atoms with van der Waals surface area (Å²) in [6.07, 6.45) is 8.16. The average molecular weight is 520 g/mol. The molecule has 0 aromatic heterocycles. The van der Waals surface area contributed by atoms with E-state index in [2.05, 4.69) is 33.8 Å². The number of esters is 1. The normalized spacial score (nSPS) is 12.1. The summed E-state index contributed by atoms with van der Waals surface area (Å²) in [5, 5.41) is 0. The minimum atomic E-state index is -0.507. The molecule has 5 heteroatoms. The van der Waals surface area contributed by atoms with Gasteiger partial charge in [0.25, 0.3) is 0 Å². The molecule has 0 aliphatic rings. The van der Waals surface area contributed by atoms with Gasteiger partial charge >= 0.3 is 5.97 Å². The summed E-state index contributed by atoms with van der Waals surface area (Å²) >= 11 is 0. The maximum atomic E-state index is 12.9. The van der Waals surface area contributed by atoms with Crippen molar-refractivity contribution in [1.82, 2.24) is 0 Å². The molecular formula is C30H44O4V. The third kappa shape index (κ3) is 10.1. The zero-order chi connectivity index (χ0) is 26.2. The molecule has 0 aliphatic heterocycles. The van der Waals surface area contributed by atoms with Gasteiger partial charge in [0.05, 0.1) is 13.0 Å². The van der Waals surface area contributed by atoms with Crippen LogP contribution in [-0.4, -0.2) is 19.2 Å². The van der Waals surface area contributed by atoms with Gasteiger partial charge in [-0.05, 0) is 23.0 Å². The summed E-state index contributed by atoms with van der Waals surface area (Å²) < 4.78 is 5.20. The van der Waals surface area contributed by atoms with Gasteiger partial charge < -0.3 is 4.74 Å². The zero-order valence-electron chi connectivity index (χ0n) is 23.0. The Hall–Kier alpha value is -2.19. The van der Waals surface area contributed by atoms with Crippen LogP contribution in [0.15, 0.2) is 60.7 Å². The van der Waals surface area contributed by atoms with Crippen LogP contribution in [0.2, 0.25) is 0 Å². The molecule has 0 saturated heterocycles. The molecule has 0 fully saturated rings. The molecule has 0 amide bonds. The fraction of sp³-hybridized carbons (Fsp3) is 0.500. The van der Waals surface area contributed by atoms with Crippen molar-refractivity contribution in [3.8, 4) is 12.5 Å². The standard InChI is InChI=1S/C26H32O4.2C2H6.V/c1-7-29-30-23(19-21-16-12-9-13-17-21)26(4,5)25(2,3)22(24(27)28-6)18-20-14-10-8-11-15-20;2*1-2;/h1,8-17,22-23H,18-19H2,2-6H3;2*1-2H3;. The van der Waals surface area contributed by atoms with Crippen molar-refractivity contribution in [1.29, 1.82) is 0 Å². The van der Waals surface area contributed by atoms with Crippen molar-refractivity contribution >= 4 is 5.97 Å². The summed E-state index contributed by atoms with van der Waals surface area (Å²) in [5.74, 6) is -0.624. The Morgan fingerprint density at radius 3 is 1.66 bits per heavy atom. The van der Waals surface area contributed by atoms with Gasteiger partial charge in [0.1, 0.15) is 6.10 Å². The Bertz CT molecular complexity index is 842. The number of benzene rings is 2. The van der Waals surface area contributed by atoms with Crippen LogP contribution in [0.5, 0.6) is 0 Å². The molecule has 2 rings (SSSR count). The summed E-state index contributed by atoms with van der Waals surface area (Å²) in [4.78, 5) is 23.5. The van der Waals surface area contributed by atoms with Crippen LogP contribution in [0, 0.1) is 29.3 Å². The molecule has 0 heterocycles. The van der Waals surface area contributed by atoms with Gasteiger partial charge in [-0.25, -0.2) is 0 Å².